The molecule has 0 aliphatic heterocycles. The number of pyridine rings is 3. The number of ether oxygens (including phenoxy) is 2. The number of amides is 1. The smallest absolute Gasteiger partial charge is 0.312 e. The molecule has 10 heteroatoms. The number of hydrogen-bond donors (Lipinski definition) is 1. The molecule has 0 unspecified atom stereocenters. The minimum atomic E-state index is -0.625. The van der Waals surface area contributed by atoms with E-state index in [9.17, 15) is 9.59 Å². The van der Waals surface area contributed by atoms with Crippen molar-refractivity contribution in [3.8, 4) is 28.1 Å². The molecule has 0 atom stereocenters. The van der Waals surface area contributed by atoms with E-state index in [-0.39, 0.29) is 18.6 Å². The molecule has 0 spiro atoms. The Morgan fingerprint density at radius 1 is 1.05 bits per heavy atom. The Morgan fingerprint density at radius 3 is 2.55 bits per heavy atom. The summed E-state index contributed by atoms with van der Waals surface area (Å²) in [6, 6.07) is 7.59. The van der Waals surface area contributed by atoms with Crippen LogP contribution in [0, 0.1) is 5.41 Å². The Balaban J connectivity index is 1.70. The Hall–Kier alpha value is -4.57. The number of rotatable bonds is 9. The standard InChI is InChI=1S/C30H34N6O4/c1-30(2,3)29(38)40-19-36-18-25(20-9-10-32-27(14-20)39-6)24-13-22(16-33-28(24)36)21-12-23(17-31-15-21)34-26(37)8-7-11-35(4)5/h7-10,12-18H,11,19H2,1-6H3,(H,34,37)/b8-7+. The monoisotopic (exact) mass is 542 g/mol. The van der Waals surface area contributed by atoms with Gasteiger partial charge in [-0.25, -0.2) is 9.97 Å². The number of carbonyl (C=O) groups excluding carboxylic acids is 2. The van der Waals surface area contributed by atoms with E-state index in [0.29, 0.717) is 23.8 Å². The van der Waals surface area contributed by atoms with Gasteiger partial charge in [0.1, 0.15) is 5.65 Å². The largest absolute Gasteiger partial charge is 0.481 e. The molecule has 0 saturated carbocycles. The second-order valence-corrected chi connectivity index (χ2v) is 10.6. The van der Waals surface area contributed by atoms with Gasteiger partial charge in [0.05, 0.1) is 24.4 Å². The van der Waals surface area contributed by atoms with Crippen molar-refractivity contribution >= 4 is 28.6 Å². The van der Waals surface area contributed by atoms with Crippen molar-refractivity contribution in [3.63, 3.8) is 0 Å². The van der Waals surface area contributed by atoms with Crippen molar-refractivity contribution in [1.82, 2.24) is 24.4 Å². The Labute approximate surface area is 233 Å². The number of nitrogens with one attached hydrogen (secondary N) is 1. The number of likely N-dealkylation sites (N-methyl/N-ethyl adjacent to an activating group) is 1. The van der Waals surface area contributed by atoms with Gasteiger partial charge >= 0.3 is 5.97 Å². The van der Waals surface area contributed by atoms with E-state index in [1.165, 1.54) is 6.08 Å². The highest BCUT2D eigenvalue weighted by atomic mass is 16.5. The summed E-state index contributed by atoms with van der Waals surface area (Å²) in [6.45, 7) is 6.12. The zero-order valence-electron chi connectivity index (χ0n) is 23.6. The molecule has 4 aromatic rings. The summed E-state index contributed by atoms with van der Waals surface area (Å²) in [5.74, 6) is -0.0567. The Bertz CT molecular complexity index is 1550. The van der Waals surface area contributed by atoms with Gasteiger partial charge in [0.25, 0.3) is 0 Å². The first-order chi connectivity index (χ1) is 19.0. The first kappa shape index (κ1) is 28.4. The summed E-state index contributed by atoms with van der Waals surface area (Å²) >= 11 is 0. The van der Waals surface area contributed by atoms with Gasteiger partial charge in [0.2, 0.25) is 11.8 Å². The van der Waals surface area contributed by atoms with Crippen molar-refractivity contribution in [2.75, 3.05) is 33.1 Å². The second-order valence-electron chi connectivity index (χ2n) is 10.6. The zero-order valence-corrected chi connectivity index (χ0v) is 23.6. The topological polar surface area (TPSA) is 111 Å². The van der Waals surface area contributed by atoms with E-state index in [1.807, 2.05) is 70.2 Å². The molecule has 0 radical (unpaired) electrons. The van der Waals surface area contributed by atoms with Crippen LogP contribution in [0.5, 0.6) is 5.88 Å². The number of hydrogen-bond acceptors (Lipinski definition) is 8. The van der Waals surface area contributed by atoms with Gasteiger partial charge in [-0.05, 0) is 58.6 Å². The lowest BCUT2D eigenvalue weighted by Crippen LogP contribution is -2.23. The third kappa shape index (κ3) is 6.89. The molecular formula is C30H34N6O4. The highest BCUT2D eigenvalue weighted by Crippen LogP contribution is 2.34. The quantitative estimate of drug-likeness (QED) is 0.238. The number of methoxy groups -OCH3 is 1. The van der Waals surface area contributed by atoms with E-state index >= 15 is 0 Å². The summed E-state index contributed by atoms with van der Waals surface area (Å²) in [4.78, 5) is 40.0. The van der Waals surface area contributed by atoms with Crippen LogP contribution in [0.4, 0.5) is 5.69 Å². The van der Waals surface area contributed by atoms with Crippen molar-refractivity contribution in [3.05, 3.63) is 67.4 Å². The normalized spacial score (nSPS) is 11.8. The summed E-state index contributed by atoms with van der Waals surface area (Å²) in [6.07, 6.45) is 11.9. The minimum absolute atomic E-state index is 0.0194. The van der Waals surface area contributed by atoms with Crippen LogP contribution < -0.4 is 10.1 Å². The van der Waals surface area contributed by atoms with Gasteiger partial charge in [0, 0.05) is 65.6 Å². The van der Waals surface area contributed by atoms with Crippen LogP contribution in [0.15, 0.2) is 67.4 Å². The second kappa shape index (κ2) is 12.1. The number of esters is 1. The van der Waals surface area contributed by atoms with Crippen LogP contribution in [-0.4, -0.2) is 64.0 Å². The Kier molecular flexibility index (Phi) is 8.59. The van der Waals surface area contributed by atoms with Crippen LogP contribution in [0.3, 0.4) is 0 Å². The maximum atomic E-state index is 12.4. The third-order valence-corrected chi connectivity index (χ3v) is 5.99. The number of anilines is 1. The molecule has 1 N–H and O–H groups in total. The molecule has 4 aromatic heterocycles. The van der Waals surface area contributed by atoms with Crippen LogP contribution in [0.2, 0.25) is 0 Å². The van der Waals surface area contributed by atoms with Gasteiger partial charge in [-0.2, -0.15) is 0 Å². The summed E-state index contributed by atoms with van der Waals surface area (Å²) in [5, 5.41) is 3.70. The van der Waals surface area contributed by atoms with E-state index < -0.39 is 5.41 Å². The average Bonchev–Trinajstić information content (AvgIpc) is 3.29. The SMILES string of the molecule is COc1cc(-c2cn(COC(=O)C(C)(C)C)c3ncc(-c4cncc(NC(=O)/C=C/CN(C)C)c4)cc23)ccn1. The molecule has 0 bridgehead atoms. The van der Waals surface area contributed by atoms with Crippen LogP contribution in [-0.2, 0) is 21.1 Å². The van der Waals surface area contributed by atoms with Crippen molar-refractivity contribution in [1.29, 1.82) is 0 Å². The molecule has 4 rings (SSSR count). The number of carbonyl (C=O) groups is 2. The maximum absolute atomic E-state index is 12.4. The summed E-state index contributed by atoms with van der Waals surface area (Å²) < 4.78 is 12.7. The fourth-order valence-electron chi connectivity index (χ4n) is 3.91. The molecule has 0 saturated heterocycles. The molecule has 0 fully saturated rings. The van der Waals surface area contributed by atoms with Crippen LogP contribution in [0.1, 0.15) is 20.8 Å². The molecule has 0 aromatic carbocycles. The molecular weight excluding hydrogens is 508 g/mol. The molecule has 0 aliphatic carbocycles. The molecule has 40 heavy (non-hydrogen) atoms. The molecule has 0 aliphatic rings. The van der Waals surface area contributed by atoms with Gasteiger partial charge in [-0.1, -0.05) is 6.08 Å². The third-order valence-electron chi connectivity index (χ3n) is 5.99. The lowest BCUT2D eigenvalue weighted by atomic mass is 9.98. The molecule has 208 valence electrons. The van der Waals surface area contributed by atoms with E-state index in [1.54, 1.807) is 42.5 Å². The van der Waals surface area contributed by atoms with Crippen molar-refractivity contribution in [2.24, 2.45) is 5.41 Å². The number of aromatic nitrogens is 4. The Morgan fingerprint density at radius 2 is 1.82 bits per heavy atom. The highest BCUT2D eigenvalue weighted by Gasteiger charge is 2.24. The summed E-state index contributed by atoms with van der Waals surface area (Å²) in [7, 11) is 5.44. The highest BCUT2D eigenvalue weighted by molar-refractivity contribution is 6.00. The van der Waals surface area contributed by atoms with Gasteiger partial charge in [-0.15, -0.1) is 0 Å². The first-order valence-corrected chi connectivity index (χ1v) is 12.8. The average molecular weight is 543 g/mol. The molecule has 1 amide bonds. The fourth-order valence-corrected chi connectivity index (χ4v) is 3.91. The van der Waals surface area contributed by atoms with Crippen molar-refractivity contribution < 1.29 is 19.1 Å². The number of fused-ring (bicyclic) bond motifs is 1. The maximum Gasteiger partial charge on any atom is 0.312 e. The van der Waals surface area contributed by atoms with Crippen LogP contribution >= 0.6 is 0 Å². The predicted octanol–water partition coefficient (Wildman–Crippen LogP) is 4.77. The van der Waals surface area contributed by atoms with Gasteiger partial charge in [0.15, 0.2) is 6.73 Å². The van der Waals surface area contributed by atoms with E-state index in [0.717, 1.165) is 27.6 Å². The minimum Gasteiger partial charge on any atom is -0.481 e. The molecule has 4 heterocycles. The van der Waals surface area contributed by atoms with Crippen LogP contribution in [0.25, 0.3) is 33.3 Å². The lowest BCUT2D eigenvalue weighted by Gasteiger charge is -2.17. The van der Waals surface area contributed by atoms with Gasteiger partial charge in [-0.3, -0.25) is 19.1 Å². The number of nitrogens with zero attached hydrogens (tertiary/aromatic N) is 5. The molecule has 10 nitrogen and oxygen atoms in total. The predicted molar refractivity (Wildman–Crippen MR) is 155 cm³/mol. The van der Waals surface area contributed by atoms with Crippen molar-refractivity contribution in [2.45, 2.75) is 27.5 Å². The summed E-state index contributed by atoms with van der Waals surface area (Å²) in [5.41, 5.74) is 3.95. The van der Waals surface area contributed by atoms with E-state index in [4.69, 9.17) is 14.5 Å². The fraction of sp³-hybridized carbons (Fsp3) is 0.300. The first-order valence-electron chi connectivity index (χ1n) is 12.8. The van der Waals surface area contributed by atoms with Gasteiger partial charge < -0.3 is 19.7 Å². The zero-order chi connectivity index (χ0) is 28.9. The lowest BCUT2D eigenvalue weighted by molar-refractivity contribution is -0.156. The van der Waals surface area contributed by atoms with E-state index in [2.05, 4.69) is 15.3 Å².